The van der Waals surface area contributed by atoms with Gasteiger partial charge in [0.1, 0.15) is 5.82 Å². The maximum Gasteiger partial charge on any atom is 0.148 e. The van der Waals surface area contributed by atoms with E-state index in [9.17, 15) is 0 Å². The van der Waals surface area contributed by atoms with Gasteiger partial charge in [0.25, 0.3) is 0 Å². The molecule has 0 atom stereocenters. The van der Waals surface area contributed by atoms with Crippen LogP contribution in [0, 0.1) is 6.92 Å². The second-order valence-electron chi connectivity index (χ2n) is 2.26. The molecule has 0 aliphatic heterocycles. The molecule has 0 radical (unpaired) electrons. The minimum atomic E-state index is 0.442. The lowest BCUT2D eigenvalue weighted by molar-refractivity contribution is 1.21. The van der Waals surface area contributed by atoms with Crippen molar-refractivity contribution in [2.45, 2.75) is 6.92 Å². The Labute approximate surface area is 70.6 Å². The number of aromatic nitrogens is 1. The highest BCUT2D eigenvalue weighted by Crippen LogP contribution is 2.26. The zero-order chi connectivity index (χ0) is 8.43. The molecule has 1 aromatic heterocycles. The highest BCUT2D eigenvalue weighted by Gasteiger charge is 2.03. The highest BCUT2D eigenvalue weighted by atomic mass is 35.5. The zero-order valence-corrected chi connectivity index (χ0v) is 7.24. The van der Waals surface area contributed by atoms with Crippen molar-refractivity contribution in [3.63, 3.8) is 0 Å². The topological polar surface area (TPSA) is 50.9 Å². The average Bonchev–Trinajstić information content (AvgIpc) is 1.85. The molecule has 3 N–H and O–H groups in total. The normalized spacial score (nSPS) is 9.73. The van der Waals surface area contributed by atoms with Gasteiger partial charge in [-0.15, -0.1) is 0 Å². The molecule has 60 valence electrons. The van der Waals surface area contributed by atoms with E-state index in [0.29, 0.717) is 16.5 Å². The number of pyridine rings is 1. The summed E-state index contributed by atoms with van der Waals surface area (Å²) in [4.78, 5) is 4.04. The van der Waals surface area contributed by atoms with Crippen molar-refractivity contribution in [2.24, 2.45) is 0 Å². The summed E-state index contributed by atoms with van der Waals surface area (Å²) in [6, 6.07) is 1.77. The van der Waals surface area contributed by atoms with Crippen LogP contribution in [-0.2, 0) is 0 Å². The van der Waals surface area contributed by atoms with Crippen LogP contribution in [0.2, 0.25) is 5.02 Å². The number of nitrogens with two attached hydrogens (primary N) is 1. The Kier molecular flexibility index (Phi) is 2.19. The van der Waals surface area contributed by atoms with Crippen LogP contribution in [0.4, 0.5) is 11.5 Å². The second-order valence-corrected chi connectivity index (χ2v) is 2.66. The van der Waals surface area contributed by atoms with E-state index >= 15 is 0 Å². The SMILES string of the molecule is CNc1c(Cl)cc(C)nc1N. The fourth-order valence-corrected chi connectivity index (χ4v) is 1.25. The minimum Gasteiger partial charge on any atom is -0.384 e. The van der Waals surface area contributed by atoms with Gasteiger partial charge in [0.15, 0.2) is 0 Å². The van der Waals surface area contributed by atoms with Gasteiger partial charge in [0.05, 0.1) is 10.7 Å². The number of nitrogens with one attached hydrogen (secondary N) is 1. The molecule has 1 aromatic rings. The lowest BCUT2D eigenvalue weighted by Crippen LogP contribution is -2.00. The number of nitrogen functional groups attached to an aromatic ring is 1. The van der Waals surface area contributed by atoms with Crippen molar-refractivity contribution in [3.05, 3.63) is 16.8 Å². The van der Waals surface area contributed by atoms with E-state index in [4.69, 9.17) is 17.3 Å². The van der Waals surface area contributed by atoms with Crippen LogP contribution in [0.25, 0.3) is 0 Å². The molecular weight excluding hydrogens is 162 g/mol. The summed E-state index contributed by atoms with van der Waals surface area (Å²) in [5.41, 5.74) is 7.09. The number of halogens is 1. The van der Waals surface area contributed by atoms with E-state index in [1.54, 1.807) is 13.1 Å². The summed E-state index contributed by atoms with van der Waals surface area (Å²) in [6.07, 6.45) is 0. The average molecular weight is 172 g/mol. The van der Waals surface area contributed by atoms with Gasteiger partial charge in [-0.05, 0) is 13.0 Å². The molecule has 3 nitrogen and oxygen atoms in total. The quantitative estimate of drug-likeness (QED) is 0.676. The van der Waals surface area contributed by atoms with Gasteiger partial charge in [-0.1, -0.05) is 11.6 Å². The Bertz CT molecular complexity index is 249. The van der Waals surface area contributed by atoms with Crippen molar-refractivity contribution in [1.29, 1.82) is 0 Å². The van der Waals surface area contributed by atoms with Crippen molar-refractivity contribution < 1.29 is 0 Å². The minimum absolute atomic E-state index is 0.442. The Morgan fingerprint density at radius 2 is 2.27 bits per heavy atom. The molecule has 11 heavy (non-hydrogen) atoms. The van der Waals surface area contributed by atoms with Crippen molar-refractivity contribution in [3.8, 4) is 0 Å². The third-order valence-corrected chi connectivity index (χ3v) is 1.68. The predicted molar refractivity (Wildman–Crippen MR) is 47.9 cm³/mol. The molecule has 0 fully saturated rings. The first-order valence-corrected chi connectivity index (χ1v) is 3.63. The molecule has 0 aromatic carbocycles. The van der Waals surface area contributed by atoms with Gasteiger partial charge < -0.3 is 11.1 Å². The summed E-state index contributed by atoms with van der Waals surface area (Å²) in [7, 11) is 1.76. The molecule has 4 heteroatoms. The van der Waals surface area contributed by atoms with E-state index < -0.39 is 0 Å². The van der Waals surface area contributed by atoms with Gasteiger partial charge in [0, 0.05) is 12.7 Å². The van der Waals surface area contributed by atoms with Crippen molar-refractivity contribution in [1.82, 2.24) is 4.98 Å². The van der Waals surface area contributed by atoms with Crippen LogP contribution in [0.5, 0.6) is 0 Å². The third-order valence-electron chi connectivity index (χ3n) is 1.38. The number of hydrogen-bond acceptors (Lipinski definition) is 3. The monoisotopic (exact) mass is 171 g/mol. The second kappa shape index (κ2) is 2.96. The molecule has 1 rings (SSSR count). The number of hydrogen-bond donors (Lipinski definition) is 2. The summed E-state index contributed by atoms with van der Waals surface area (Å²) >= 11 is 5.85. The van der Waals surface area contributed by atoms with Gasteiger partial charge in [0.2, 0.25) is 0 Å². The molecule has 0 saturated carbocycles. The molecular formula is C7H10ClN3. The number of nitrogens with zero attached hydrogens (tertiary/aromatic N) is 1. The Morgan fingerprint density at radius 3 is 2.73 bits per heavy atom. The maximum absolute atomic E-state index is 5.85. The predicted octanol–water partition coefficient (Wildman–Crippen LogP) is 1.67. The largest absolute Gasteiger partial charge is 0.384 e. The van der Waals surface area contributed by atoms with Crippen LogP contribution >= 0.6 is 11.6 Å². The first-order chi connectivity index (χ1) is 5.15. The van der Waals surface area contributed by atoms with Crippen LogP contribution in [0.15, 0.2) is 6.07 Å². The van der Waals surface area contributed by atoms with E-state index in [0.717, 1.165) is 5.69 Å². The molecule has 0 spiro atoms. The summed E-state index contributed by atoms with van der Waals surface area (Å²) in [5.74, 6) is 0.442. The van der Waals surface area contributed by atoms with E-state index in [-0.39, 0.29) is 0 Å². The highest BCUT2D eigenvalue weighted by molar-refractivity contribution is 6.33. The molecule has 0 amide bonds. The van der Waals surface area contributed by atoms with Crippen LogP contribution in [0.3, 0.4) is 0 Å². The standard InChI is InChI=1S/C7H10ClN3/c1-4-3-5(8)6(10-2)7(9)11-4/h3,10H,1-2H3,(H2,9,11). The summed E-state index contributed by atoms with van der Waals surface area (Å²) in [6.45, 7) is 1.85. The maximum atomic E-state index is 5.85. The number of anilines is 2. The van der Waals surface area contributed by atoms with E-state index in [1.807, 2.05) is 6.92 Å². The molecule has 0 aliphatic carbocycles. The Balaban J connectivity index is 3.25. The van der Waals surface area contributed by atoms with Gasteiger partial charge in [-0.2, -0.15) is 0 Å². The summed E-state index contributed by atoms with van der Waals surface area (Å²) in [5, 5.41) is 3.48. The first kappa shape index (κ1) is 8.14. The van der Waals surface area contributed by atoms with Crippen molar-refractivity contribution >= 4 is 23.1 Å². The van der Waals surface area contributed by atoms with Gasteiger partial charge in [-0.3, -0.25) is 0 Å². The zero-order valence-electron chi connectivity index (χ0n) is 6.48. The van der Waals surface area contributed by atoms with Crippen LogP contribution in [0.1, 0.15) is 5.69 Å². The molecule has 0 saturated heterocycles. The van der Waals surface area contributed by atoms with Gasteiger partial charge in [-0.25, -0.2) is 4.98 Å². The molecule has 0 bridgehead atoms. The number of rotatable bonds is 1. The molecule has 0 unspecified atom stereocenters. The van der Waals surface area contributed by atoms with Gasteiger partial charge >= 0.3 is 0 Å². The fourth-order valence-electron chi connectivity index (χ4n) is 0.904. The van der Waals surface area contributed by atoms with Crippen LogP contribution in [-0.4, -0.2) is 12.0 Å². The molecule has 1 heterocycles. The Hall–Kier alpha value is -0.960. The lowest BCUT2D eigenvalue weighted by atomic mass is 10.3. The Morgan fingerprint density at radius 1 is 1.64 bits per heavy atom. The summed E-state index contributed by atoms with van der Waals surface area (Å²) < 4.78 is 0. The van der Waals surface area contributed by atoms with Crippen LogP contribution < -0.4 is 11.1 Å². The van der Waals surface area contributed by atoms with E-state index in [1.165, 1.54) is 0 Å². The molecule has 0 aliphatic rings. The van der Waals surface area contributed by atoms with E-state index in [2.05, 4.69) is 10.3 Å². The third kappa shape index (κ3) is 1.54. The van der Waals surface area contributed by atoms with Crippen molar-refractivity contribution in [2.75, 3.05) is 18.1 Å². The lowest BCUT2D eigenvalue weighted by Gasteiger charge is -2.06. The first-order valence-electron chi connectivity index (χ1n) is 3.25. The fraction of sp³-hybridized carbons (Fsp3) is 0.286. The number of aryl methyl sites for hydroxylation is 1. The smallest absolute Gasteiger partial charge is 0.148 e.